The molecule has 0 radical (unpaired) electrons. The molecular formula is C18H21N3O2S. The lowest BCUT2D eigenvalue weighted by molar-refractivity contribution is -0.118. The van der Waals surface area contributed by atoms with E-state index in [-0.39, 0.29) is 5.91 Å². The number of ether oxygens (including phenoxy) is 1. The number of nitrogens with zero attached hydrogens (tertiary/aromatic N) is 2. The van der Waals surface area contributed by atoms with Gasteiger partial charge in [0.25, 0.3) is 0 Å². The Morgan fingerprint density at radius 1 is 1.38 bits per heavy atom. The summed E-state index contributed by atoms with van der Waals surface area (Å²) in [6.45, 7) is 3.28. The summed E-state index contributed by atoms with van der Waals surface area (Å²) in [5.41, 5.74) is 2.13. The molecule has 2 heterocycles. The maximum Gasteiger partial charge on any atom is 0.230 e. The summed E-state index contributed by atoms with van der Waals surface area (Å²) in [4.78, 5) is 20.5. The molecule has 126 valence electrons. The standard InChI is InChI=1S/C18H21N3O2S/c1-13-6-8-19-18(21-13)24-12-17(22)20-11-14-7-9-23-16-5-3-2-4-15(16)10-14/h2-6,8,14H,7,9-12H2,1H3,(H,20,22)/t14-/m1/s1. The Morgan fingerprint density at radius 3 is 3.12 bits per heavy atom. The number of thioether (sulfide) groups is 1. The Kier molecular flexibility index (Phi) is 5.69. The molecule has 1 amide bonds. The average molecular weight is 343 g/mol. The SMILES string of the molecule is Cc1ccnc(SCC(=O)NC[C@@H]2CCOc3ccccc3C2)n1. The van der Waals surface area contributed by atoms with Gasteiger partial charge in [0, 0.05) is 18.4 Å². The van der Waals surface area contributed by atoms with Crippen LogP contribution in [0.3, 0.4) is 0 Å². The zero-order valence-electron chi connectivity index (χ0n) is 13.7. The summed E-state index contributed by atoms with van der Waals surface area (Å²) in [6.07, 6.45) is 3.60. The first kappa shape index (κ1) is 16.8. The van der Waals surface area contributed by atoms with E-state index in [4.69, 9.17) is 4.74 Å². The molecule has 0 spiro atoms. The van der Waals surface area contributed by atoms with E-state index in [2.05, 4.69) is 21.4 Å². The van der Waals surface area contributed by atoms with E-state index in [0.29, 0.717) is 30.0 Å². The average Bonchev–Trinajstić information content (AvgIpc) is 2.80. The lowest BCUT2D eigenvalue weighted by Crippen LogP contribution is -2.31. The largest absolute Gasteiger partial charge is 0.493 e. The highest BCUT2D eigenvalue weighted by molar-refractivity contribution is 7.99. The first-order valence-corrected chi connectivity index (χ1v) is 9.09. The van der Waals surface area contributed by atoms with Gasteiger partial charge in [-0.15, -0.1) is 0 Å². The van der Waals surface area contributed by atoms with Gasteiger partial charge in [0.2, 0.25) is 5.91 Å². The van der Waals surface area contributed by atoms with Gasteiger partial charge < -0.3 is 10.1 Å². The highest BCUT2D eigenvalue weighted by Crippen LogP contribution is 2.26. The van der Waals surface area contributed by atoms with Gasteiger partial charge in [-0.25, -0.2) is 9.97 Å². The molecule has 1 aliphatic heterocycles. The molecule has 3 rings (SSSR count). The third-order valence-corrected chi connectivity index (χ3v) is 4.82. The molecule has 1 aliphatic rings. The molecular weight excluding hydrogens is 322 g/mol. The molecule has 0 unspecified atom stereocenters. The zero-order chi connectivity index (χ0) is 16.8. The fourth-order valence-corrected chi connectivity index (χ4v) is 3.38. The van der Waals surface area contributed by atoms with Gasteiger partial charge >= 0.3 is 0 Å². The Bertz CT molecular complexity index is 708. The summed E-state index contributed by atoms with van der Waals surface area (Å²) in [7, 11) is 0. The Balaban J connectivity index is 1.46. The van der Waals surface area contributed by atoms with E-state index in [9.17, 15) is 4.79 Å². The van der Waals surface area contributed by atoms with Crippen LogP contribution in [0.4, 0.5) is 0 Å². The third-order valence-electron chi connectivity index (χ3n) is 3.96. The predicted octanol–water partition coefficient (Wildman–Crippen LogP) is 2.63. The van der Waals surface area contributed by atoms with Gasteiger partial charge in [-0.1, -0.05) is 30.0 Å². The number of hydrogen-bond acceptors (Lipinski definition) is 5. The number of aryl methyl sites for hydroxylation is 1. The fraction of sp³-hybridized carbons (Fsp3) is 0.389. The number of benzene rings is 1. The first-order valence-electron chi connectivity index (χ1n) is 8.10. The van der Waals surface area contributed by atoms with Crippen molar-refractivity contribution in [3.05, 3.63) is 47.8 Å². The lowest BCUT2D eigenvalue weighted by atomic mass is 9.97. The van der Waals surface area contributed by atoms with Crippen molar-refractivity contribution in [2.24, 2.45) is 5.92 Å². The highest BCUT2D eigenvalue weighted by atomic mass is 32.2. The quantitative estimate of drug-likeness (QED) is 0.668. The predicted molar refractivity (Wildman–Crippen MR) is 94.3 cm³/mol. The maximum absolute atomic E-state index is 12.1. The van der Waals surface area contributed by atoms with Crippen molar-refractivity contribution in [3.8, 4) is 5.75 Å². The molecule has 2 aromatic rings. The summed E-state index contributed by atoms with van der Waals surface area (Å²) < 4.78 is 5.77. The summed E-state index contributed by atoms with van der Waals surface area (Å²) >= 11 is 1.36. The minimum atomic E-state index is 0.0172. The second-order valence-electron chi connectivity index (χ2n) is 5.89. The van der Waals surface area contributed by atoms with E-state index in [1.165, 1.54) is 17.3 Å². The molecule has 0 saturated heterocycles. The van der Waals surface area contributed by atoms with Crippen LogP contribution in [0.25, 0.3) is 0 Å². The van der Waals surface area contributed by atoms with Crippen molar-refractivity contribution in [2.75, 3.05) is 18.9 Å². The third kappa shape index (κ3) is 4.71. The van der Waals surface area contributed by atoms with E-state index in [1.54, 1.807) is 6.20 Å². The van der Waals surface area contributed by atoms with Crippen LogP contribution in [0.5, 0.6) is 5.75 Å². The van der Waals surface area contributed by atoms with Gasteiger partial charge in [-0.05, 0) is 43.4 Å². The van der Waals surface area contributed by atoms with Crippen molar-refractivity contribution < 1.29 is 9.53 Å². The van der Waals surface area contributed by atoms with Crippen molar-refractivity contribution in [2.45, 2.75) is 24.9 Å². The number of rotatable bonds is 5. The fourth-order valence-electron chi connectivity index (χ4n) is 2.67. The molecule has 1 aromatic carbocycles. The van der Waals surface area contributed by atoms with Crippen molar-refractivity contribution >= 4 is 17.7 Å². The minimum absolute atomic E-state index is 0.0172. The van der Waals surface area contributed by atoms with Crippen LogP contribution in [-0.2, 0) is 11.2 Å². The zero-order valence-corrected chi connectivity index (χ0v) is 14.5. The second kappa shape index (κ2) is 8.15. The number of fused-ring (bicyclic) bond motifs is 1. The molecule has 1 N–H and O–H groups in total. The van der Waals surface area contributed by atoms with Gasteiger partial charge in [-0.3, -0.25) is 4.79 Å². The number of para-hydroxylation sites is 1. The van der Waals surface area contributed by atoms with Crippen LogP contribution in [0.15, 0.2) is 41.7 Å². The molecule has 5 nitrogen and oxygen atoms in total. The molecule has 6 heteroatoms. The summed E-state index contributed by atoms with van der Waals surface area (Å²) in [6, 6.07) is 9.97. The normalized spacial score (nSPS) is 16.6. The molecule has 0 bridgehead atoms. The summed E-state index contributed by atoms with van der Waals surface area (Å²) in [5, 5.41) is 3.67. The molecule has 1 atom stereocenters. The number of amides is 1. The molecule has 1 aromatic heterocycles. The van der Waals surface area contributed by atoms with Crippen LogP contribution in [0.2, 0.25) is 0 Å². The van der Waals surface area contributed by atoms with E-state index < -0.39 is 0 Å². The first-order chi connectivity index (χ1) is 11.7. The highest BCUT2D eigenvalue weighted by Gasteiger charge is 2.18. The molecule has 0 saturated carbocycles. The maximum atomic E-state index is 12.1. The van der Waals surface area contributed by atoms with Gasteiger partial charge in [-0.2, -0.15) is 0 Å². The van der Waals surface area contributed by atoms with E-state index >= 15 is 0 Å². The summed E-state index contributed by atoms with van der Waals surface area (Å²) in [5.74, 6) is 1.73. The molecule has 24 heavy (non-hydrogen) atoms. The molecule has 0 aliphatic carbocycles. The monoisotopic (exact) mass is 343 g/mol. The van der Waals surface area contributed by atoms with Gasteiger partial charge in [0.05, 0.1) is 12.4 Å². The second-order valence-corrected chi connectivity index (χ2v) is 6.83. The van der Waals surface area contributed by atoms with Crippen LogP contribution >= 0.6 is 11.8 Å². The smallest absolute Gasteiger partial charge is 0.230 e. The van der Waals surface area contributed by atoms with Gasteiger partial charge in [0.1, 0.15) is 5.75 Å². The van der Waals surface area contributed by atoms with Crippen molar-refractivity contribution in [3.63, 3.8) is 0 Å². The van der Waals surface area contributed by atoms with E-state index in [1.807, 2.05) is 31.2 Å². The number of carbonyl (C=O) groups excluding carboxylic acids is 1. The molecule has 0 fully saturated rings. The Morgan fingerprint density at radius 2 is 2.25 bits per heavy atom. The van der Waals surface area contributed by atoms with Crippen molar-refractivity contribution in [1.29, 1.82) is 0 Å². The number of aromatic nitrogens is 2. The number of carbonyl (C=O) groups is 1. The number of hydrogen-bond donors (Lipinski definition) is 1. The minimum Gasteiger partial charge on any atom is -0.493 e. The lowest BCUT2D eigenvalue weighted by Gasteiger charge is -2.14. The van der Waals surface area contributed by atoms with Crippen LogP contribution in [0, 0.1) is 12.8 Å². The van der Waals surface area contributed by atoms with Crippen LogP contribution in [-0.4, -0.2) is 34.8 Å². The van der Waals surface area contributed by atoms with Gasteiger partial charge in [0.15, 0.2) is 5.16 Å². The van der Waals surface area contributed by atoms with E-state index in [0.717, 1.165) is 24.3 Å². The Labute approximate surface area is 146 Å². The number of nitrogens with one attached hydrogen (secondary N) is 1. The van der Waals surface area contributed by atoms with Crippen LogP contribution < -0.4 is 10.1 Å². The Hall–Kier alpha value is -2.08. The topological polar surface area (TPSA) is 64.1 Å². The van der Waals surface area contributed by atoms with Crippen molar-refractivity contribution in [1.82, 2.24) is 15.3 Å². The van der Waals surface area contributed by atoms with Crippen LogP contribution in [0.1, 0.15) is 17.7 Å².